The quantitative estimate of drug-likeness (QED) is 0.443. The second-order valence-corrected chi connectivity index (χ2v) is 9.29. The fraction of sp³-hybridized carbons (Fsp3) is 0.417. The lowest BCUT2D eigenvalue weighted by Crippen LogP contribution is -2.43. The highest BCUT2D eigenvalue weighted by Gasteiger charge is 2.46. The lowest BCUT2D eigenvalue weighted by Gasteiger charge is -2.22. The second kappa shape index (κ2) is 10.2. The van der Waals surface area contributed by atoms with E-state index in [0.29, 0.717) is 17.9 Å². The Kier molecular flexibility index (Phi) is 7.40. The molecule has 16 heteroatoms. The van der Waals surface area contributed by atoms with Gasteiger partial charge < -0.3 is 16.0 Å². The minimum Gasteiger partial charge on any atom is -0.382 e. The number of carbonyl (C=O) groups excluding carboxylic acids is 2. The third kappa shape index (κ3) is 5.25. The van der Waals surface area contributed by atoms with Gasteiger partial charge in [-0.05, 0) is 31.5 Å². The lowest BCUT2D eigenvalue weighted by atomic mass is 9.98. The van der Waals surface area contributed by atoms with Crippen molar-refractivity contribution in [3.8, 4) is 11.3 Å². The van der Waals surface area contributed by atoms with E-state index >= 15 is 4.39 Å². The summed E-state index contributed by atoms with van der Waals surface area (Å²) >= 11 is 0. The third-order valence-corrected chi connectivity index (χ3v) is 6.72. The van der Waals surface area contributed by atoms with Crippen LogP contribution in [0.4, 0.5) is 40.9 Å². The van der Waals surface area contributed by atoms with Crippen molar-refractivity contribution in [1.82, 2.24) is 24.8 Å². The molecule has 8 nitrogen and oxygen atoms in total. The molecule has 3 heterocycles. The number of likely N-dealkylation sites (tertiary alicyclic amines) is 1. The standard InChI is InChI=1S/C24H22F8N6O2/c1-3-12-13(21(39)36-17-8-37(7-16(17)26)22(40)10(2)23(27,28)29)4-11(5-15(12)25)18-6-14(24(30,31)32)19-20(33)34-9-35-38(18)19/h4-6,9-10,16-17H,3,7-8H2,1-2H3,(H,36,39)(H2,33,34,35)/t10?,16-,17+/m0/s1. The van der Waals surface area contributed by atoms with Crippen molar-refractivity contribution in [1.29, 1.82) is 0 Å². The summed E-state index contributed by atoms with van der Waals surface area (Å²) in [5.74, 6) is -6.23. The van der Waals surface area contributed by atoms with Crippen molar-refractivity contribution in [3.05, 3.63) is 47.0 Å². The van der Waals surface area contributed by atoms with E-state index in [4.69, 9.17) is 5.73 Å². The van der Waals surface area contributed by atoms with Crippen molar-refractivity contribution in [3.63, 3.8) is 0 Å². The van der Waals surface area contributed by atoms with Gasteiger partial charge in [0.2, 0.25) is 5.91 Å². The fourth-order valence-corrected chi connectivity index (χ4v) is 4.58. The van der Waals surface area contributed by atoms with Gasteiger partial charge in [-0.1, -0.05) is 6.92 Å². The zero-order valence-corrected chi connectivity index (χ0v) is 20.9. The van der Waals surface area contributed by atoms with E-state index in [1.807, 2.05) is 0 Å². The summed E-state index contributed by atoms with van der Waals surface area (Å²) in [6, 6.07) is 1.26. The smallest absolute Gasteiger partial charge is 0.382 e. The van der Waals surface area contributed by atoms with Gasteiger partial charge in [0, 0.05) is 23.2 Å². The van der Waals surface area contributed by atoms with E-state index in [0.717, 1.165) is 23.0 Å². The van der Waals surface area contributed by atoms with Crippen LogP contribution < -0.4 is 11.1 Å². The van der Waals surface area contributed by atoms with Gasteiger partial charge in [-0.2, -0.15) is 31.4 Å². The van der Waals surface area contributed by atoms with Crippen LogP contribution in [0.25, 0.3) is 16.8 Å². The van der Waals surface area contributed by atoms with Gasteiger partial charge in [-0.3, -0.25) is 9.59 Å². The van der Waals surface area contributed by atoms with Crippen LogP contribution in [0.5, 0.6) is 0 Å². The first-order valence-corrected chi connectivity index (χ1v) is 11.9. The van der Waals surface area contributed by atoms with Crippen LogP contribution in [0.1, 0.15) is 35.3 Å². The normalized spacial score (nSPS) is 18.8. The summed E-state index contributed by atoms with van der Waals surface area (Å²) in [5, 5.41) is 6.06. The van der Waals surface area contributed by atoms with E-state index in [2.05, 4.69) is 15.4 Å². The Morgan fingerprint density at radius 3 is 2.42 bits per heavy atom. The first-order chi connectivity index (χ1) is 18.5. The monoisotopic (exact) mass is 578 g/mol. The summed E-state index contributed by atoms with van der Waals surface area (Å²) in [7, 11) is 0. The SMILES string of the molecule is CCc1c(F)cc(-c2cc(C(F)(F)F)c3c(N)ncnn23)cc1C(=O)N[C@@H]1CN(C(=O)C(C)C(F)(F)F)C[C@@H]1F. The van der Waals surface area contributed by atoms with Gasteiger partial charge in [0.25, 0.3) is 5.91 Å². The van der Waals surface area contributed by atoms with Gasteiger partial charge in [-0.25, -0.2) is 18.3 Å². The van der Waals surface area contributed by atoms with Crippen LogP contribution in [-0.4, -0.2) is 62.8 Å². The zero-order chi connectivity index (χ0) is 29.7. The van der Waals surface area contributed by atoms with E-state index in [1.165, 1.54) is 6.92 Å². The van der Waals surface area contributed by atoms with Gasteiger partial charge in [0.1, 0.15) is 29.8 Å². The number of anilines is 1. The van der Waals surface area contributed by atoms with E-state index < -0.39 is 78.1 Å². The molecular formula is C24H22F8N6O2. The van der Waals surface area contributed by atoms with Crippen molar-refractivity contribution in [2.75, 3.05) is 18.8 Å². The van der Waals surface area contributed by atoms with E-state index in [-0.39, 0.29) is 28.8 Å². The highest BCUT2D eigenvalue weighted by Crippen LogP contribution is 2.39. The molecule has 0 radical (unpaired) electrons. The Morgan fingerprint density at radius 2 is 1.82 bits per heavy atom. The summed E-state index contributed by atoms with van der Waals surface area (Å²) in [6.07, 6.45) is -10.8. The number of aromatic nitrogens is 3. The molecule has 1 fully saturated rings. The highest BCUT2D eigenvalue weighted by atomic mass is 19.4. The molecule has 0 saturated carbocycles. The lowest BCUT2D eigenvalue weighted by molar-refractivity contribution is -0.185. The topological polar surface area (TPSA) is 106 Å². The van der Waals surface area contributed by atoms with Crippen LogP contribution in [0, 0.1) is 11.7 Å². The average Bonchev–Trinajstić information content (AvgIpc) is 3.43. The summed E-state index contributed by atoms with van der Waals surface area (Å²) in [5.41, 5.74) is 2.92. The minimum absolute atomic E-state index is 0.0376. The molecule has 1 unspecified atom stereocenters. The number of nitrogens with one attached hydrogen (secondary N) is 1. The Bertz CT molecular complexity index is 1470. The van der Waals surface area contributed by atoms with Crippen LogP contribution in [0.3, 0.4) is 0 Å². The molecule has 2 aromatic heterocycles. The summed E-state index contributed by atoms with van der Waals surface area (Å²) in [4.78, 5) is 29.5. The van der Waals surface area contributed by atoms with Crippen molar-refractivity contribution >= 4 is 23.1 Å². The first-order valence-electron chi connectivity index (χ1n) is 11.9. The Morgan fingerprint density at radius 1 is 1.15 bits per heavy atom. The van der Waals surface area contributed by atoms with Gasteiger partial charge in [-0.15, -0.1) is 0 Å². The number of carbonyl (C=O) groups is 2. The Hall–Kier alpha value is -3.98. The number of benzene rings is 1. The molecule has 4 rings (SSSR count). The van der Waals surface area contributed by atoms with Crippen LogP contribution in [-0.2, 0) is 17.4 Å². The van der Waals surface area contributed by atoms with E-state index in [9.17, 15) is 40.3 Å². The number of halogens is 8. The maximum atomic E-state index is 15.1. The van der Waals surface area contributed by atoms with Crippen LogP contribution >= 0.6 is 0 Å². The maximum absolute atomic E-state index is 15.1. The number of hydrogen-bond acceptors (Lipinski definition) is 5. The largest absolute Gasteiger partial charge is 0.418 e. The average molecular weight is 578 g/mol. The third-order valence-electron chi connectivity index (χ3n) is 6.72. The molecule has 0 bridgehead atoms. The first kappa shape index (κ1) is 29.0. The Balaban J connectivity index is 1.69. The number of fused-ring (bicyclic) bond motifs is 1. The van der Waals surface area contributed by atoms with Crippen molar-refractivity contribution < 1.29 is 44.7 Å². The number of hydrogen-bond donors (Lipinski definition) is 2. The molecule has 0 aliphatic carbocycles. The molecule has 3 aromatic rings. The van der Waals surface area contributed by atoms with Crippen LogP contribution in [0.15, 0.2) is 24.5 Å². The maximum Gasteiger partial charge on any atom is 0.418 e. The number of nitrogens with two attached hydrogens (primary N) is 1. The molecule has 1 saturated heterocycles. The molecule has 216 valence electrons. The highest BCUT2D eigenvalue weighted by molar-refractivity contribution is 5.97. The predicted octanol–water partition coefficient (Wildman–Crippen LogP) is 4.18. The van der Waals surface area contributed by atoms with E-state index in [1.54, 1.807) is 0 Å². The van der Waals surface area contributed by atoms with Crippen LogP contribution in [0.2, 0.25) is 0 Å². The second-order valence-electron chi connectivity index (χ2n) is 9.29. The van der Waals surface area contributed by atoms with Gasteiger partial charge in [0.15, 0.2) is 5.82 Å². The molecular weight excluding hydrogens is 556 g/mol. The molecule has 1 aliphatic heterocycles. The number of amides is 2. The molecule has 0 spiro atoms. The molecule has 3 N–H and O–H groups in total. The number of rotatable bonds is 5. The zero-order valence-electron chi connectivity index (χ0n) is 20.9. The Labute approximate surface area is 221 Å². The molecule has 1 aliphatic rings. The van der Waals surface area contributed by atoms with Crippen molar-refractivity contribution in [2.45, 2.75) is 44.8 Å². The number of nitrogen functional groups attached to an aromatic ring is 1. The fourth-order valence-electron chi connectivity index (χ4n) is 4.58. The predicted molar refractivity (Wildman–Crippen MR) is 125 cm³/mol. The van der Waals surface area contributed by atoms with Crippen molar-refractivity contribution in [2.24, 2.45) is 5.92 Å². The molecule has 1 aromatic carbocycles. The summed E-state index contributed by atoms with van der Waals surface area (Å²) in [6.45, 7) is 0.877. The molecule has 40 heavy (non-hydrogen) atoms. The molecule has 3 atom stereocenters. The van der Waals surface area contributed by atoms with Gasteiger partial charge >= 0.3 is 12.4 Å². The number of alkyl halides is 7. The van der Waals surface area contributed by atoms with Gasteiger partial charge in [0.05, 0.1) is 23.8 Å². The summed E-state index contributed by atoms with van der Waals surface area (Å²) < 4.78 is 111. The number of nitrogens with zero attached hydrogens (tertiary/aromatic N) is 4. The minimum atomic E-state index is -4.88. The molecule has 2 amide bonds.